The maximum atomic E-state index is 12.7. The van der Waals surface area contributed by atoms with E-state index in [1.165, 1.54) is 17.5 Å². The van der Waals surface area contributed by atoms with Gasteiger partial charge in [-0.1, -0.05) is 87.5 Å². The zero-order valence-corrected chi connectivity index (χ0v) is 23.4. The summed E-state index contributed by atoms with van der Waals surface area (Å²) in [5.74, 6) is -0.397. The molecular weight excluding hydrogens is 455 g/mol. The zero-order chi connectivity index (χ0) is 25.9. The summed E-state index contributed by atoms with van der Waals surface area (Å²) in [6, 6.07) is 20.9. The van der Waals surface area contributed by atoms with Crippen LogP contribution in [0.3, 0.4) is 0 Å². The van der Waals surface area contributed by atoms with E-state index < -0.39 is 32.6 Å². The van der Waals surface area contributed by atoms with Crippen LogP contribution in [0, 0.1) is 0 Å². The Bertz CT molecular complexity index is 973. The van der Waals surface area contributed by atoms with Gasteiger partial charge in [0.25, 0.3) is 8.32 Å². The number of esters is 1. The van der Waals surface area contributed by atoms with Gasteiger partial charge in [0.1, 0.15) is 0 Å². The Hall–Kier alpha value is -2.19. The Morgan fingerprint density at radius 1 is 0.914 bits per heavy atom. The number of ether oxygens (including phenoxy) is 1. The van der Waals surface area contributed by atoms with Crippen LogP contribution in [0.2, 0.25) is 11.4 Å². The van der Waals surface area contributed by atoms with E-state index in [0.717, 1.165) is 0 Å². The van der Waals surface area contributed by atoms with Gasteiger partial charge in [-0.2, -0.15) is 0 Å². The number of benzene rings is 2. The van der Waals surface area contributed by atoms with E-state index in [1.807, 2.05) is 45.9 Å². The average Bonchev–Trinajstić information content (AvgIpc) is 3.01. The Balaban J connectivity index is 1.94. The van der Waals surface area contributed by atoms with Crippen LogP contribution >= 0.6 is 0 Å². The van der Waals surface area contributed by atoms with Crippen molar-refractivity contribution in [2.45, 2.75) is 71.0 Å². The third kappa shape index (κ3) is 5.64. The van der Waals surface area contributed by atoms with Gasteiger partial charge in [-0.25, -0.2) is 4.79 Å². The molecule has 0 N–H and O–H groups in total. The van der Waals surface area contributed by atoms with Gasteiger partial charge in [-0.15, -0.1) is 0 Å². The van der Waals surface area contributed by atoms with E-state index in [-0.39, 0.29) is 11.6 Å². The van der Waals surface area contributed by atoms with Gasteiger partial charge in [0.15, 0.2) is 0 Å². The molecule has 0 saturated carbocycles. The number of carbonyl (C=O) groups excluding carboxylic acids is 1. The third-order valence-electron chi connectivity index (χ3n) is 7.18. The highest BCUT2D eigenvalue weighted by Crippen LogP contribution is 2.39. The molecule has 0 aliphatic carbocycles. The SMILES string of the molecule is COC(=O)C(=CCO[Si](c1ccccc1)(c1ccccc1)C(C)(C)C)CB1OC(C)(C)C(C)(C)O1. The summed E-state index contributed by atoms with van der Waals surface area (Å²) in [5, 5.41) is 2.23. The van der Waals surface area contributed by atoms with Crippen LogP contribution in [0.15, 0.2) is 72.3 Å². The standard InChI is InChI=1S/C28H39BO5Si/c1-26(2,3)35(23-15-11-9-12-16-23,24-17-13-10-14-18-24)32-20-19-22(25(30)31-8)21-29-33-27(4,5)28(6,7)34-29/h9-19H,20-21H2,1-8H3. The van der Waals surface area contributed by atoms with E-state index in [0.29, 0.717) is 11.9 Å². The van der Waals surface area contributed by atoms with Gasteiger partial charge < -0.3 is 18.5 Å². The molecular formula is C28H39BO5Si. The van der Waals surface area contributed by atoms with Crippen LogP contribution in [0.1, 0.15) is 48.5 Å². The molecule has 7 heteroatoms. The van der Waals surface area contributed by atoms with Gasteiger partial charge in [0, 0.05) is 11.9 Å². The minimum atomic E-state index is -2.71. The monoisotopic (exact) mass is 494 g/mol. The minimum absolute atomic E-state index is 0.152. The summed E-state index contributed by atoms with van der Waals surface area (Å²) in [6.07, 6.45) is 2.12. The molecule has 3 rings (SSSR count). The fourth-order valence-corrected chi connectivity index (χ4v) is 9.13. The number of methoxy groups -OCH3 is 1. The summed E-state index contributed by atoms with van der Waals surface area (Å²) in [4.78, 5) is 12.7. The molecule has 0 bridgehead atoms. The van der Waals surface area contributed by atoms with E-state index in [2.05, 4.69) is 69.3 Å². The average molecular weight is 495 g/mol. The third-order valence-corrected chi connectivity index (χ3v) is 12.2. The number of rotatable bonds is 8. The maximum absolute atomic E-state index is 12.7. The summed E-state index contributed by atoms with van der Waals surface area (Å²) < 4.78 is 24.2. The summed E-state index contributed by atoms with van der Waals surface area (Å²) in [7, 11) is -1.85. The van der Waals surface area contributed by atoms with Crippen LogP contribution in [-0.2, 0) is 23.3 Å². The summed E-state index contributed by atoms with van der Waals surface area (Å²) >= 11 is 0. The molecule has 1 saturated heterocycles. The van der Waals surface area contributed by atoms with E-state index in [4.69, 9.17) is 18.5 Å². The molecule has 1 aliphatic rings. The van der Waals surface area contributed by atoms with Crippen molar-refractivity contribution in [1.82, 2.24) is 0 Å². The van der Waals surface area contributed by atoms with Gasteiger partial charge >= 0.3 is 13.1 Å². The van der Waals surface area contributed by atoms with Gasteiger partial charge in [-0.3, -0.25) is 0 Å². The van der Waals surface area contributed by atoms with E-state index in [9.17, 15) is 4.79 Å². The molecule has 2 aromatic carbocycles. The molecule has 188 valence electrons. The zero-order valence-electron chi connectivity index (χ0n) is 22.4. The largest absolute Gasteiger partial charge is 0.466 e. The Labute approximate surface area is 212 Å². The molecule has 0 radical (unpaired) electrons. The Kier molecular flexibility index (Phi) is 8.16. The quantitative estimate of drug-likeness (QED) is 0.301. The van der Waals surface area contributed by atoms with Crippen molar-refractivity contribution >= 4 is 31.8 Å². The highest BCUT2D eigenvalue weighted by molar-refractivity contribution is 6.99. The van der Waals surface area contributed by atoms with Crippen molar-refractivity contribution in [2.24, 2.45) is 0 Å². The van der Waals surface area contributed by atoms with Crippen LogP contribution in [-0.4, -0.2) is 46.3 Å². The predicted molar refractivity (Wildman–Crippen MR) is 145 cm³/mol. The van der Waals surface area contributed by atoms with Crippen molar-refractivity contribution in [1.29, 1.82) is 0 Å². The highest BCUT2D eigenvalue weighted by Gasteiger charge is 2.52. The van der Waals surface area contributed by atoms with Crippen molar-refractivity contribution in [3.8, 4) is 0 Å². The topological polar surface area (TPSA) is 54.0 Å². The molecule has 0 spiro atoms. The molecule has 35 heavy (non-hydrogen) atoms. The summed E-state index contributed by atoms with van der Waals surface area (Å²) in [5.41, 5.74) is -0.446. The minimum Gasteiger partial charge on any atom is -0.466 e. The lowest BCUT2D eigenvalue weighted by atomic mass is 9.80. The van der Waals surface area contributed by atoms with Crippen molar-refractivity contribution in [2.75, 3.05) is 13.7 Å². The second kappa shape index (κ2) is 10.4. The van der Waals surface area contributed by atoms with Crippen molar-refractivity contribution < 1.29 is 23.3 Å². The van der Waals surface area contributed by atoms with Gasteiger partial charge in [0.2, 0.25) is 0 Å². The maximum Gasteiger partial charge on any atom is 0.462 e. The smallest absolute Gasteiger partial charge is 0.462 e. The molecule has 0 atom stereocenters. The molecule has 1 fully saturated rings. The summed E-state index contributed by atoms with van der Waals surface area (Å²) in [6.45, 7) is 15.0. The predicted octanol–water partition coefficient (Wildman–Crippen LogP) is 4.75. The lowest BCUT2D eigenvalue weighted by Gasteiger charge is -2.42. The number of hydrogen-bond donors (Lipinski definition) is 0. The first-order valence-corrected chi connectivity index (χ1v) is 14.1. The lowest BCUT2D eigenvalue weighted by molar-refractivity contribution is -0.136. The van der Waals surface area contributed by atoms with Crippen LogP contribution in [0.5, 0.6) is 0 Å². The molecule has 0 amide bonds. The molecule has 1 heterocycles. The fourth-order valence-electron chi connectivity index (χ4n) is 4.64. The fraction of sp³-hybridized carbons (Fsp3) is 0.464. The van der Waals surface area contributed by atoms with E-state index >= 15 is 0 Å². The van der Waals surface area contributed by atoms with Gasteiger partial charge in [-0.05, 0) is 43.1 Å². The molecule has 0 unspecified atom stereocenters. The number of hydrogen-bond acceptors (Lipinski definition) is 5. The first-order chi connectivity index (χ1) is 16.3. The lowest BCUT2D eigenvalue weighted by Crippen LogP contribution is -2.66. The van der Waals surface area contributed by atoms with Crippen LogP contribution in [0.4, 0.5) is 0 Å². The van der Waals surface area contributed by atoms with Crippen molar-refractivity contribution in [3.05, 3.63) is 72.3 Å². The van der Waals surface area contributed by atoms with E-state index in [1.54, 1.807) is 0 Å². The van der Waals surface area contributed by atoms with Crippen molar-refractivity contribution in [3.63, 3.8) is 0 Å². The first kappa shape index (κ1) is 27.4. The Morgan fingerprint density at radius 3 is 1.77 bits per heavy atom. The first-order valence-electron chi connectivity index (χ1n) is 12.2. The molecule has 0 aromatic heterocycles. The second-order valence-corrected chi connectivity index (χ2v) is 15.4. The Morgan fingerprint density at radius 2 is 1.37 bits per heavy atom. The molecule has 1 aliphatic heterocycles. The molecule has 5 nitrogen and oxygen atoms in total. The van der Waals surface area contributed by atoms with Crippen LogP contribution < -0.4 is 10.4 Å². The molecule has 2 aromatic rings. The van der Waals surface area contributed by atoms with Crippen LogP contribution in [0.25, 0.3) is 0 Å². The normalized spacial score (nSPS) is 17.9. The van der Waals surface area contributed by atoms with Gasteiger partial charge in [0.05, 0.1) is 24.9 Å². The second-order valence-electron chi connectivity index (χ2n) is 11.1. The number of carbonyl (C=O) groups is 1. The highest BCUT2D eigenvalue weighted by atomic mass is 28.4.